The lowest BCUT2D eigenvalue weighted by Gasteiger charge is -2.18. The number of nitrogens with zero attached hydrogens (tertiary/aromatic N) is 2. The van der Waals surface area contributed by atoms with E-state index in [9.17, 15) is 14.0 Å². The Morgan fingerprint density at radius 1 is 1.20 bits per heavy atom. The van der Waals surface area contributed by atoms with Crippen LogP contribution in [0.15, 0.2) is 42.6 Å². The molecule has 0 atom stereocenters. The van der Waals surface area contributed by atoms with Crippen LogP contribution in [0, 0.1) is 5.82 Å². The predicted octanol–water partition coefficient (Wildman–Crippen LogP) is 2.20. The number of hydrogen-bond acceptors (Lipinski definition) is 3. The molecule has 1 N–H and O–H groups in total. The molecule has 2 rings (SSSR count). The van der Waals surface area contributed by atoms with Crippen LogP contribution >= 0.6 is 0 Å². The van der Waals surface area contributed by atoms with Crippen molar-refractivity contribution >= 4 is 17.6 Å². The summed E-state index contributed by atoms with van der Waals surface area (Å²) >= 11 is 0. The highest BCUT2D eigenvalue weighted by Gasteiger charge is 2.19. The molecule has 1 heterocycles. The summed E-state index contributed by atoms with van der Waals surface area (Å²) in [4.78, 5) is 28.2. The van der Waals surface area contributed by atoms with Crippen molar-refractivity contribution in [1.82, 2.24) is 4.98 Å². The highest BCUT2D eigenvalue weighted by Crippen LogP contribution is 2.20. The number of halogens is 1. The number of para-hydroxylation sites is 1. The Bertz CT molecular complexity index is 656. The number of amides is 1. The van der Waals surface area contributed by atoms with Crippen molar-refractivity contribution in [2.45, 2.75) is 0 Å². The number of aromatic nitrogens is 1. The van der Waals surface area contributed by atoms with E-state index in [0.29, 0.717) is 0 Å². The molecule has 2 aromatic rings. The number of pyridine rings is 1. The summed E-state index contributed by atoms with van der Waals surface area (Å²) in [5.41, 5.74) is 0.288. The first-order chi connectivity index (χ1) is 9.50. The number of carbonyl (C=O) groups excluding carboxylic acids is 1. The molecule has 0 spiro atoms. The molecule has 0 aliphatic rings. The van der Waals surface area contributed by atoms with Crippen LogP contribution in [0.4, 0.5) is 10.1 Å². The van der Waals surface area contributed by atoms with Gasteiger partial charge in [-0.2, -0.15) is 0 Å². The van der Waals surface area contributed by atoms with Gasteiger partial charge in [0.05, 0.1) is 17.4 Å². The molecule has 0 unspecified atom stereocenters. The lowest BCUT2D eigenvalue weighted by Crippen LogP contribution is -2.28. The van der Waals surface area contributed by atoms with E-state index >= 15 is 0 Å². The molecule has 5 nitrogen and oxygen atoms in total. The predicted molar refractivity (Wildman–Crippen MR) is 70.3 cm³/mol. The van der Waals surface area contributed by atoms with E-state index in [-0.39, 0.29) is 16.9 Å². The quantitative estimate of drug-likeness (QED) is 0.931. The minimum Gasteiger partial charge on any atom is -0.478 e. The number of anilines is 1. The largest absolute Gasteiger partial charge is 0.478 e. The normalized spacial score (nSPS) is 10.1. The fourth-order valence-corrected chi connectivity index (χ4v) is 1.73. The standard InChI is InChI=1S/C14H11FN2O3/c1-17(12-5-3-2-4-10(12)14(19)20)13(18)11-7-6-9(15)8-16-11/h2-8H,1H3,(H,19,20). The number of rotatable bonds is 3. The SMILES string of the molecule is CN(C(=O)c1ccc(F)cn1)c1ccccc1C(=O)O. The third kappa shape index (κ3) is 2.64. The van der Waals surface area contributed by atoms with Crippen LogP contribution in [-0.2, 0) is 0 Å². The van der Waals surface area contributed by atoms with Gasteiger partial charge in [-0.3, -0.25) is 4.79 Å². The summed E-state index contributed by atoms with van der Waals surface area (Å²) < 4.78 is 12.8. The van der Waals surface area contributed by atoms with Crippen molar-refractivity contribution < 1.29 is 19.1 Å². The molecule has 0 fully saturated rings. The second-order valence-electron chi connectivity index (χ2n) is 4.05. The van der Waals surface area contributed by atoms with Gasteiger partial charge in [0.25, 0.3) is 5.91 Å². The van der Waals surface area contributed by atoms with E-state index in [0.717, 1.165) is 12.3 Å². The number of carboxylic acid groups (broad SMARTS) is 1. The first kappa shape index (κ1) is 13.7. The van der Waals surface area contributed by atoms with Gasteiger partial charge in [-0.25, -0.2) is 14.2 Å². The average molecular weight is 274 g/mol. The van der Waals surface area contributed by atoms with Gasteiger partial charge in [0.15, 0.2) is 0 Å². The average Bonchev–Trinajstić information content (AvgIpc) is 2.46. The molecule has 1 amide bonds. The van der Waals surface area contributed by atoms with E-state index in [4.69, 9.17) is 5.11 Å². The molecule has 20 heavy (non-hydrogen) atoms. The van der Waals surface area contributed by atoms with Gasteiger partial charge < -0.3 is 10.0 Å². The van der Waals surface area contributed by atoms with Crippen LogP contribution in [0.25, 0.3) is 0 Å². The van der Waals surface area contributed by atoms with Crippen molar-refractivity contribution in [1.29, 1.82) is 0 Å². The van der Waals surface area contributed by atoms with Crippen molar-refractivity contribution in [3.05, 3.63) is 59.7 Å². The molecule has 1 aromatic carbocycles. The lowest BCUT2D eigenvalue weighted by atomic mass is 10.1. The van der Waals surface area contributed by atoms with Crippen LogP contribution in [0.1, 0.15) is 20.8 Å². The zero-order valence-corrected chi connectivity index (χ0v) is 10.6. The lowest BCUT2D eigenvalue weighted by molar-refractivity contribution is 0.0697. The first-order valence-electron chi connectivity index (χ1n) is 5.72. The zero-order valence-electron chi connectivity index (χ0n) is 10.6. The van der Waals surface area contributed by atoms with E-state index in [2.05, 4.69) is 4.98 Å². The second-order valence-corrected chi connectivity index (χ2v) is 4.05. The Balaban J connectivity index is 2.36. The van der Waals surface area contributed by atoms with E-state index in [1.807, 2.05) is 0 Å². The molecule has 0 saturated heterocycles. The van der Waals surface area contributed by atoms with Crippen LogP contribution in [0.5, 0.6) is 0 Å². The molecule has 0 aliphatic carbocycles. The molecule has 0 aliphatic heterocycles. The maximum absolute atomic E-state index is 12.8. The van der Waals surface area contributed by atoms with Gasteiger partial charge in [-0.1, -0.05) is 12.1 Å². The zero-order chi connectivity index (χ0) is 14.7. The smallest absolute Gasteiger partial charge is 0.337 e. The summed E-state index contributed by atoms with van der Waals surface area (Å²) in [7, 11) is 1.44. The van der Waals surface area contributed by atoms with Gasteiger partial charge in [0.2, 0.25) is 0 Å². The fraction of sp³-hybridized carbons (Fsp3) is 0.0714. The van der Waals surface area contributed by atoms with E-state index in [1.165, 1.54) is 30.1 Å². The molecule has 1 aromatic heterocycles. The number of carbonyl (C=O) groups is 2. The fourth-order valence-electron chi connectivity index (χ4n) is 1.73. The number of carboxylic acids is 1. The topological polar surface area (TPSA) is 70.5 Å². The molecule has 0 radical (unpaired) electrons. The first-order valence-corrected chi connectivity index (χ1v) is 5.72. The molecule has 0 saturated carbocycles. The van der Waals surface area contributed by atoms with E-state index in [1.54, 1.807) is 12.1 Å². The summed E-state index contributed by atoms with van der Waals surface area (Å²) in [6, 6.07) is 8.49. The Labute approximate surface area is 114 Å². The second kappa shape index (κ2) is 5.48. The highest BCUT2D eigenvalue weighted by atomic mass is 19.1. The van der Waals surface area contributed by atoms with Crippen molar-refractivity contribution in [3.63, 3.8) is 0 Å². The van der Waals surface area contributed by atoms with Crippen molar-refractivity contribution in [2.24, 2.45) is 0 Å². The van der Waals surface area contributed by atoms with Crippen LogP contribution in [-0.4, -0.2) is 29.0 Å². The monoisotopic (exact) mass is 274 g/mol. The van der Waals surface area contributed by atoms with Crippen LogP contribution in [0.2, 0.25) is 0 Å². The summed E-state index contributed by atoms with van der Waals surface area (Å²) in [5.74, 6) is -2.19. The molecule has 6 heteroatoms. The highest BCUT2D eigenvalue weighted by molar-refractivity contribution is 6.08. The van der Waals surface area contributed by atoms with Crippen LogP contribution in [0.3, 0.4) is 0 Å². The van der Waals surface area contributed by atoms with Crippen LogP contribution < -0.4 is 4.90 Å². The summed E-state index contributed by atoms with van der Waals surface area (Å²) in [6.45, 7) is 0. The summed E-state index contributed by atoms with van der Waals surface area (Å²) in [6.07, 6.45) is 0.935. The third-order valence-electron chi connectivity index (χ3n) is 2.75. The Morgan fingerprint density at radius 2 is 1.90 bits per heavy atom. The van der Waals surface area contributed by atoms with Gasteiger partial charge in [0.1, 0.15) is 11.5 Å². The van der Waals surface area contributed by atoms with Gasteiger partial charge in [-0.05, 0) is 24.3 Å². The number of aromatic carboxylic acids is 1. The third-order valence-corrected chi connectivity index (χ3v) is 2.75. The molecular formula is C14H11FN2O3. The Hall–Kier alpha value is -2.76. The Morgan fingerprint density at radius 3 is 2.50 bits per heavy atom. The van der Waals surface area contributed by atoms with Crippen molar-refractivity contribution in [2.75, 3.05) is 11.9 Å². The molecule has 0 bridgehead atoms. The number of benzene rings is 1. The van der Waals surface area contributed by atoms with Gasteiger partial charge in [0, 0.05) is 7.05 Å². The molecule has 102 valence electrons. The molecular weight excluding hydrogens is 263 g/mol. The number of hydrogen-bond donors (Lipinski definition) is 1. The summed E-state index contributed by atoms with van der Waals surface area (Å²) in [5, 5.41) is 9.10. The minimum atomic E-state index is -1.13. The van der Waals surface area contributed by atoms with Gasteiger partial charge >= 0.3 is 5.97 Å². The maximum Gasteiger partial charge on any atom is 0.337 e. The van der Waals surface area contributed by atoms with Gasteiger partial charge in [-0.15, -0.1) is 0 Å². The van der Waals surface area contributed by atoms with Crippen molar-refractivity contribution in [3.8, 4) is 0 Å². The maximum atomic E-state index is 12.8. The van der Waals surface area contributed by atoms with E-state index < -0.39 is 17.7 Å². The minimum absolute atomic E-state index is 0.00506. The Kier molecular flexibility index (Phi) is 3.74.